The maximum atomic E-state index is 11.7. The summed E-state index contributed by atoms with van der Waals surface area (Å²) in [6.45, 7) is 0.771. The first-order valence-corrected chi connectivity index (χ1v) is 5.66. The number of nitrogens with two attached hydrogens (primary N) is 2. The normalized spacial score (nSPS) is 24.8. The smallest absolute Gasteiger partial charge is 0.312 e. The summed E-state index contributed by atoms with van der Waals surface area (Å²) in [4.78, 5) is 22.0. The molecule has 1 aliphatic rings. The summed E-state index contributed by atoms with van der Waals surface area (Å²) in [7, 11) is 0. The third kappa shape index (κ3) is 4.48. The van der Waals surface area contributed by atoms with Crippen molar-refractivity contribution in [3.8, 4) is 0 Å². The number of urea groups is 1. The van der Waals surface area contributed by atoms with E-state index in [1.54, 1.807) is 0 Å². The third-order valence-corrected chi connectivity index (χ3v) is 2.81. The van der Waals surface area contributed by atoms with Gasteiger partial charge in [-0.15, -0.1) is 0 Å². The van der Waals surface area contributed by atoms with Crippen molar-refractivity contribution < 1.29 is 9.59 Å². The molecule has 6 nitrogen and oxygen atoms in total. The number of amides is 3. The van der Waals surface area contributed by atoms with E-state index >= 15 is 0 Å². The average molecular weight is 228 g/mol. The topological polar surface area (TPSA) is 110 Å². The lowest BCUT2D eigenvalue weighted by molar-refractivity contribution is -0.126. The highest BCUT2D eigenvalue weighted by atomic mass is 16.2. The Morgan fingerprint density at radius 3 is 2.50 bits per heavy atom. The molecule has 0 spiro atoms. The molecule has 0 heterocycles. The van der Waals surface area contributed by atoms with E-state index in [2.05, 4.69) is 10.6 Å². The van der Waals surface area contributed by atoms with Gasteiger partial charge < -0.3 is 22.1 Å². The van der Waals surface area contributed by atoms with Crippen LogP contribution in [0.5, 0.6) is 0 Å². The quantitative estimate of drug-likeness (QED) is 0.477. The molecular weight excluding hydrogens is 208 g/mol. The number of nitrogens with one attached hydrogen (secondary N) is 2. The van der Waals surface area contributed by atoms with Gasteiger partial charge in [0.25, 0.3) is 0 Å². The van der Waals surface area contributed by atoms with Crippen LogP contribution in [0.4, 0.5) is 4.79 Å². The lowest BCUT2D eigenvalue weighted by Gasteiger charge is -2.25. The number of carbonyl (C=O) groups excluding carboxylic acids is 2. The SMILES string of the molecule is NC(=O)NCCNC(=O)C1CCCC(N)C1. The van der Waals surface area contributed by atoms with Crippen LogP contribution in [0.3, 0.4) is 0 Å². The van der Waals surface area contributed by atoms with Crippen LogP contribution in [-0.4, -0.2) is 31.1 Å². The van der Waals surface area contributed by atoms with Crippen LogP contribution in [0.1, 0.15) is 25.7 Å². The zero-order chi connectivity index (χ0) is 12.0. The fourth-order valence-electron chi connectivity index (χ4n) is 1.98. The molecule has 0 aliphatic heterocycles. The molecular formula is C10H20N4O2. The summed E-state index contributed by atoms with van der Waals surface area (Å²) in [5, 5.41) is 5.18. The molecule has 92 valence electrons. The molecule has 1 saturated carbocycles. The highest BCUT2D eigenvalue weighted by molar-refractivity contribution is 5.78. The fraction of sp³-hybridized carbons (Fsp3) is 0.800. The van der Waals surface area contributed by atoms with Crippen LogP contribution >= 0.6 is 0 Å². The molecule has 0 aromatic rings. The summed E-state index contributed by atoms with van der Waals surface area (Å²) >= 11 is 0. The maximum Gasteiger partial charge on any atom is 0.312 e. The minimum atomic E-state index is -0.575. The van der Waals surface area contributed by atoms with E-state index in [4.69, 9.17) is 11.5 Å². The van der Waals surface area contributed by atoms with E-state index < -0.39 is 6.03 Å². The number of rotatable bonds is 4. The Kier molecular flexibility index (Phi) is 5.04. The molecule has 1 fully saturated rings. The minimum absolute atomic E-state index is 0.0253. The summed E-state index contributed by atoms with van der Waals surface area (Å²) in [5.41, 5.74) is 10.7. The Balaban J connectivity index is 2.16. The van der Waals surface area contributed by atoms with Crippen LogP contribution < -0.4 is 22.1 Å². The monoisotopic (exact) mass is 228 g/mol. The first kappa shape index (κ1) is 12.8. The van der Waals surface area contributed by atoms with Gasteiger partial charge in [0, 0.05) is 25.0 Å². The Morgan fingerprint density at radius 2 is 1.88 bits per heavy atom. The van der Waals surface area contributed by atoms with Gasteiger partial charge in [0.2, 0.25) is 5.91 Å². The van der Waals surface area contributed by atoms with Crippen molar-refractivity contribution in [2.45, 2.75) is 31.7 Å². The standard InChI is InChI=1S/C10H20N4O2/c11-8-3-1-2-7(6-8)9(15)13-4-5-14-10(12)16/h7-8H,1-6,11H2,(H,13,15)(H3,12,14,16). The number of carbonyl (C=O) groups is 2. The number of hydrogen-bond acceptors (Lipinski definition) is 3. The molecule has 0 aromatic carbocycles. The van der Waals surface area contributed by atoms with E-state index in [9.17, 15) is 9.59 Å². The van der Waals surface area contributed by atoms with Gasteiger partial charge in [-0.3, -0.25) is 4.79 Å². The lowest BCUT2D eigenvalue weighted by Crippen LogP contribution is -2.41. The van der Waals surface area contributed by atoms with Crippen molar-refractivity contribution in [3.05, 3.63) is 0 Å². The van der Waals surface area contributed by atoms with Gasteiger partial charge in [0.05, 0.1) is 0 Å². The number of primary amides is 1. The predicted molar refractivity (Wildman–Crippen MR) is 60.5 cm³/mol. The Bertz CT molecular complexity index is 257. The van der Waals surface area contributed by atoms with E-state index in [1.807, 2.05) is 0 Å². The van der Waals surface area contributed by atoms with Gasteiger partial charge in [0.1, 0.15) is 0 Å². The van der Waals surface area contributed by atoms with E-state index in [1.165, 1.54) is 0 Å². The molecule has 1 aliphatic carbocycles. The largest absolute Gasteiger partial charge is 0.354 e. The van der Waals surface area contributed by atoms with Crippen molar-refractivity contribution in [1.82, 2.24) is 10.6 Å². The molecule has 2 unspecified atom stereocenters. The minimum Gasteiger partial charge on any atom is -0.354 e. The predicted octanol–water partition coefficient (Wildman–Crippen LogP) is -0.712. The zero-order valence-electron chi connectivity index (χ0n) is 9.37. The van der Waals surface area contributed by atoms with Crippen LogP contribution in [0.2, 0.25) is 0 Å². The molecule has 2 atom stereocenters. The van der Waals surface area contributed by atoms with Gasteiger partial charge in [-0.1, -0.05) is 6.42 Å². The van der Waals surface area contributed by atoms with Gasteiger partial charge in [-0.2, -0.15) is 0 Å². The first-order valence-electron chi connectivity index (χ1n) is 5.66. The van der Waals surface area contributed by atoms with Crippen LogP contribution in [0, 0.1) is 5.92 Å². The molecule has 3 amide bonds. The Labute approximate surface area is 95.1 Å². The second-order valence-electron chi connectivity index (χ2n) is 4.21. The average Bonchev–Trinajstić information content (AvgIpc) is 2.24. The Morgan fingerprint density at radius 1 is 1.19 bits per heavy atom. The lowest BCUT2D eigenvalue weighted by atomic mass is 9.85. The first-order chi connectivity index (χ1) is 7.59. The van der Waals surface area contributed by atoms with Crippen molar-refractivity contribution in [1.29, 1.82) is 0 Å². The molecule has 6 N–H and O–H groups in total. The molecule has 0 bridgehead atoms. The summed E-state index contributed by atoms with van der Waals surface area (Å²) < 4.78 is 0. The fourth-order valence-corrected chi connectivity index (χ4v) is 1.98. The second-order valence-corrected chi connectivity index (χ2v) is 4.21. The van der Waals surface area contributed by atoms with Gasteiger partial charge >= 0.3 is 6.03 Å². The van der Waals surface area contributed by atoms with E-state index in [0.717, 1.165) is 25.7 Å². The van der Waals surface area contributed by atoms with Gasteiger partial charge in [-0.25, -0.2) is 4.79 Å². The van der Waals surface area contributed by atoms with Crippen molar-refractivity contribution in [2.75, 3.05) is 13.1 Å². The molecule has 1 rings (SSSR count). The van der Waals surface area contributed by atoms with E-state index in [0.29, 0.717) is 13.1 Å². The highest BCUT2D eigenvalue weighted by Crippen LogP contribution is 2.22. The summed E-state index contributed by atoms with van der Waals surface area (Å²) in [6, 6.07) is -0.429. The third-order valence-electron chi connectivity index (χ3n) is 2.81. The van der Waals surface area contributed by atoms with Crippen molar-refractivity contribution in [3.63, 3.8) is 0 Å². The van der Waals surface area contributed by atoms with Crippen molar-refractivity contribution >= 4 is 11.9 Å². The number of hydrogen-bond donors (Lipinski definition) is 4. The van der Waals surface area contributed by atoms with Crippen LogP contribution in [-0.2, 0) is 4.79 Å². The molecule has 0 saturated heterocycles. The summed E-state index contributed by atoms with van der Waals surface area (Å²) in [6.07, 6.45) is 3.68. The molecule has 6 heteroatoms. The maximum absolute atomic E-state index is 11.7. The van der Waals surface area contributed by atoms with Crippen LogP contribution in [0.15, 0.2) is 0 Å². The van der Waals surface area contributed by atoms with E-state index in [-0.39, 0.29) is 17.9 Å². The van der Waals surface area contributed by atoms with Gasteiger partial charge in [0.15, 0.2) is 0 Å². The second kappa shape index (κ2) is 6.32. The van der Waals surface area contributed by atoms with Gasteiger partial charge in [-0.05, 0) is 19.3 Å². The highest BCUT2D eigenvalue weighted by Gasteiger charge is 2.24. The van der Waals surface area contributed by atoms with Crippen LogP contribution in [0.25, 0.3) is 0 Å². The summed E-state index contributed by atoms with van der Waals surface area (Å²) in [5.74, 6) is 0.0544. The Hall–Kier alpha value is -1.30. The van der Waals surface area contributed by atoms with Crippen molar-refractivity contribution in [2.24, 2.45) is 17.4 Å². The molecule has 0 aromatic heterocycles. The molecule has 0 radical (unpaired) electrons. The zero-order valence-corrected chi connectivity index (χ0v) is 9.37. The molecule has 16 heavy (non-hydrogen) atoms.